The maximum atomic E-state index is 2.81. The summed E-state index contributed by atoms with van der Waals surface area (Å²) in [5, 5.41) is 0. The molecule has 3 atom stereocenters. The van der Waals surface area contributed by atoms with Gasteiger partial charge in [-0.05, 0) is 44.2 Å². The number of hydrogen-bond donors (Lipinski definition) is 0. The van der Waals surface area contributed by atoms with Crippen molar-refractivity contribution in [2.45, 2.75) is 38.6 Å². The van der Waals surface area contributed by atoms with E-state index in [2.05, 4.69) is 16.7 Å². The monoisotopic (exact) mass is 208 g/mol. The second-order valence-electron chi connectivity index (χ2n) is 5.77. The Morgan fingerprint density at radius 3 is 2.93 bits per heavy atom. The van der Waals surface area contributed by atoms with E-state index < -0.39 is 0 Å². The fourth-order valence-electron chi connectivity index (χ4n) is 4.13. The van der Waals surface area contributed by atoms with Gasteiger partial charge >= 0.3 is 0 Å². The molecule has 3 aliphatic rings. The van der Waals surface area contributed by atoms with E-state index in [1.165, 1.54) is 58.4 Å². The summed E-state index contributed by atoms with van der Waals surface area (Å²) >= 11 is 0. The first-order valence-corrected chi connectivity index (χ1v) is 6.83. The van der Waals surface area contributed by atoms with Gasteiger partial charge in [0, 0.05) is 25.7 Å². The van der Waals surface area contributed by atoms with E-state index in [0.717, 1.165) is 17.9 Å². The summed E-state index contributed by atoms with van der Waals surface area (Å²) in [4.78, 5) is 5.50. The molecule has 2 nitrogen and oxygen atoms in total. The molecule has 0 saturated carbocycles. The third-order valence-electron chi connectivity index (χ3n) is 4.79. The largest absolute Gasteiger partial charge is 0.303 e. The number of nitrogens with zero attached hydrogens (tertiary/aromatic N) is 2. The van der Waals surface area contributed by atoms with Gasteiger partial charge in [0.05, 0.1) is 0 Å². The molecule has 0 aromatic rings. The number of hydrogen-bond acceptors (Lipinski definition) is 2. The van der Waals surface area contributed by atoms with Gasteiger partial charge in [-0.15, -0.1) is 0 Å². The van der Waals surface area contributed by atoms with Gasteiger partial charge in [0.25, 0.3) is 0 Å². The molecule has 3 aliphatic heterocycles. The Kier molecular flexibility index (Phi) is 2.73. The zero-order chi connectivity index (χ0) is 10.3. The van der Waals surface area contributed by atoms with Gasteiger partial charge in [-0.25, -0.2) is 0 Å². The number of piperidine rings is 3. The average molecular weight is 208 g/mol. The van der Waals surface area contributed by atoms with Gasteiger partial charge in [0.2, 0.25) is 0 Å². The van der Waals surface area contributed by atoms with Gasteiger partial charge < -0.3 is 4.90 Å². The van der Waals surface area contributed by atoms with Crippen LogP contribution in [0.1, 0.15) is 32.6 Å². The van der Waals surface area contributed by atoms with Crippen molar-refractivity contribution in [3.05, 3.63) is 0 Å². The average Bonchev–Trinajstić information content (AvgIpc) is 2.28. The van der Waals surface area contributed by atoms with Crippen LogP contribution in [0.4, 0.5) is 0 Å². The lowest BCUT2D eigenvalue weighted by atomic mass is 9.76. The molecule has 0 amide bonds. The van der Waals surface area contributed by atoms with Crippen LogP contribution < -0.4 is 0 Å². The molecular formula is C13H24N2. The lowest BCUT2D eigenvalue weighted by Crippen LogP contribution is -2.58. The standard InChI is InChI=1S/C13H24N2/c1-2-14-8-11-7-12(10-14)13-5-3-4-6-15(13)9-11/h11-13H,2-10H2,1H3/t11-,12+,13-/m1/s1. The van der Waals surface area contributed by atoms with Gasteiger partial charge in [0.1, 0.15) is 0 Å². The predicted molar refractivity (Wildman–Crippen MR) is 62.9 cm³/mol. The SMILES string of the molecule is CCN1C[C@H]2C[C@@H](C1)[C@H]1CCCCN1C2. The van der Waals surface area contributed by atoms with E-state index >= 15 is 0 Å². The van der Waals surface area contributed by atoms with E-state index in [9.17, 15) is 0 Å². The molecule has 0 spiro atoms. The molecule has 0 radical (unpaired) electrons. The van der Waals surface area contributed by atoms with Crippen LogP contribution in [0.25, 0.3) is 0 Å². The molecule has 3 fully saturated rings. The fourth-order valence-corrected chi connectivity index (χ4v) is 4.13. The molecule has 3 heterocycles. The van der Waals surface area contributed by atoms with E-state index in [1.54, 1.807) is 0 Å². The molecule has 0 unspecified atom stereocenters. The van der Waals surface area contributed by atoms with Crippen molar-refractivity contribution >= 4 is 0 Å². The molecular weight excluding hydrogens is 184 g/mol. The van der Waals surface area contributed by atoms with Crippen molar-refractivity contribution in [3.8, 4) is 0 Å². The Bertz CT molecular complexity index is 229. The van der Waals surface area contributed by atoms with Crippen molar-refractivity contribution in [3.63, 3.8) is 0 Å². The highest BCUT2D eigenvalue weighted by Crippen LogP contribution is 2.37. The zero-order valence-corrected chi connectivity index (χ0v) is 9.99. The van der Waals surface area contributed by atoms with E-state index in [4.69, 9.17) is 0 Å². The van der Waals surface area contributed by atoms with Crippen LogP contribution in [-0.2, 0) is 0 Å². The van der Waals surface area contributed by atoms with Gasteiger partial charge in [-0.2, -0.15) is 0 Å². The smallest absolute Gasteiger partial charge is 0.0136 e. The van der Waals surface area contributed by atoms with Crippen molar-refractivity contribution in [2.24, 2.45) is 11.8 Å². The summed E-state index contributed by atoms with van der Waals surface area (Å²) in [5.74, 6) is 1.98. The van der Waals surface area contributed by atoms with Crippen molar-refractivity contribution in [2.75, 3.05) is 32.7 Å². The summed E-state index contributed by atoms with van der Waals surface area (Å²) in [6.45, 7) is 9.13. The minimum atomic E-state index is 0.948. The van der Waals surface area contributed by atoms with Crippen LogP contribution in [0.15, 0.2) is 0 Å². The summed E-state index contributed by atoms with van der Waals surface area (Å²) in [7, 11) is 0. The minimum absolute atomic E-state index is 0.948. The van der Waals surface area contributed by atoms with Crippen LogP contribution in [0, 0.1) is 11.8 Å². The Hall–Kier alpha value is -0.0800. The van der Waals surface area contributed by atoms with E-state index in [-0.39, 0.29) is 0 Å². The zero-order valence-electron chi connectivity index (χ0n) is 9.99. The summed E-state index contributed by atoms with van der Waals surface area (Å²) in [6.07, 6.45) is 5.94. The molecule has 0 aromatic carbocycles. The molecule has 0 aromatic heterocycles. The highest BCUT2D eigenvalue weighted by molar-refractivity contribution is 4.95. The third-order valence-corrected chi connectivity index (χ3v) is 4.79. The van der Waals surface area contributed by atoms with Crippen molar-refractivity contribution in [1.82, 2.24) is 9.80 Å². The lowest BCUT2D eigenvalue weighted by Gasteiger charge is -2.52. The molecule has 0 N–H and O–H groups in total. The molecule has 86 valence electrons. The van der Waals surface area contributed by atoms with E-state index in [0.29, 0.717) is 0 Å². The molecule has 3 saturated heterocycles. The van der Waals surface area contributed by atoms with Gasteiger partial charge in [-0.1, -0.05) is 13.3 Å². The summed E-state index contributed by atoms with van der Waals surface area (Å²) < 4.78 is 0. The molecule has 0 aliphatic carbocycles. The highest BCUT2D eigenvalue weighted by Gasteiger charge is 2.40. The Labute approximate surface area is 93.6 Å². The minimum Gasteiger partial charge on any atom is -0.303 e. The van der Waals surface area contributed by atoms with Crippen LogP contribution >= 0.6 is 0 Å². The maximum Gasteiger partial charge on any atom is 0.0136 e. The maximum absolute atomic E-state index is 2.81. The van der Waals surface area contributed by atoms with Crippen LogP contribution in [-0.4, -0.2) is 48.6 Å². The lowest BCUT2D eigenvalue weighted by molar-refractivity contribution is -0.0287. The normalized spacial score (nSPS) is 42.6. The highest BCUT2D eigenvalue weighted by atomic mass is 15.2. The second kappa shape index (κ2) is 4.06. The van der Waals surface area contributed by atoms with Crippen molar-refractivity contribution < 1.29 is 0 Å². The first-order chi connectivity index (χ1) is 7.36. The topological polar surface area (TPSA) is 6.48 Å². The second-order valence-corrected chi connectivity index (χ2v) is 5.77. The summed E-state index contributed by atoms with van der Waals surface area (Å²) in [5.41, 5.74) is 0. The molecule has 2 bridgehead atoms. The Balaban J connectivity index is 1.73. The number of likely N-dealkylation sites (tertiary alicyclic amines) is 1. The quantitative estimate of drug-likeness (QED) is 0.648. The molecule has 15 heavy (non-hydrogen) atoms. The van der Waals surface area contributed by atoms with Crippen LogP contribution in [0.5, 0.6) is 0 Å². The number of fused-ring (bicyclic) bond motifs is 4. The first kappa shape index (κ1) is 10.1. The first-order valence-electron chi connectivity index (χ1n) is 6.83. The predicted octanol–water partition coefficient (Wildman–Crippen LogP) is 1.81. The number of rotatable bonds is 1. The molecule has 3 rings (SSSR count). The van der Waals surface area contributed by atoms with Crippen LogP contribution in [0.2, 0.25) is 0 Å². The third kappa shape index (κ3) is 1.83. The Morgan fingerprint density at radius 2 is 2.07 bits per heavy atom. The fraction of sp³-hybridized carbons (Fsp3) is 1.00. The Morgan fingerprint density at radius 1 is 1.13 bits per heavy atom. The molecule has 2 heteroatoms. The van der Waals surface area contributed by atoms with Crippen molar-refractivity contribution in [1.29, 1.82) is 0 Å². The van der Waals surface area contributed by atoms with Crippen LogP contribution in [0.3, 0.4) is 0 Å². The van der Waals surface area contributed by atoms with Gasteiger partial charge in [-0.3, -0.25) is 4.90 Å². The summed E-state index contributed by atoms with van der Waals surface area (Å²) in [6, 6.07) is 0.948. The van der Waals surface area contributed by atoms with E-state index in [1.807, 2.05) is 0 Å². The van der Waals surface area contributed by atoms with Gasteiger partial charge in [0.15, 0.2) is 0 Å².